The molecule has 1 aromatic rings. The first kappa shape index (κ1) is 12.6. The zero-order chi connectivity index (χ0) is 9.90. The van der Waals surface area contributed by atoms with Crippen molar-refractivity contribution in [3.8, 4) is 0 Å². The van der Waals surface area contributed by atoms with Crippen LogP contribution in [0.1, 0.15) is 0 Å². The fourth-order valence-corrected chi connectivity index (χ4v) is 1.18. The van der Waals surface area contributed by atoms with E-state index in [1.807, 2.05) is 4.72 Å². The number of nitrogens with zero attached hydrogens (tertiary/aromatic N) is 2. The van der Waals surface area contributed by atoms with Crippen molar-refractivity contribution in [1.82, 2.24) is 0 Å². The summed E-state index contributed by atoms with van der Waals surface area (Å²) in [4.78, 5) is 2.87. The molecule has 0 unspecified atom stereocenters. The van der Waals surface area contributed by atoms with Gasteiger partial charge in [0.05, 0.1) is 5.69 Å². The largest absolute Gasteiger partial charge is 1.00 e. The molecule has 0 radical (unpaired) electrons. The van der Waals surface area contributed by atoms with Gasteiger partial charge in [-0.3, -0.25) is 9.27 Å². The number of benzene rings is 1. The fraction of sp³-hybridized carbons (Fsp3) is 0. The Morgan fingerprint density at radius 2 is 1.79 bits per heavy atom. The van der Waals surface area contributed by atoms with Gasteiger partial charge < -0.3 is 12.4 Å². The van der Waals surface area contributed by atoms with Crippen LogP contribution < -0.4 is 17.1 Å². The predicted molar refractivity (Wildman–Crippen MR) is 46.4 cm³/mol. The number of hydrogen-bond donors (Lipinski definition) is 2. The summed E-state index contributed by atoms with van der Waals surface area (Å²) < 4.78 is 30.9. The Balaban J connectivity index is 0.00000169. The van der Waals surface area contributed by atoms with Crippen LogP contribution >= 0.6 is 0 Å². The van der Waals surface area contributed by atoms with Gasteiger partial charge >= 0.3 is 16.0 Å². The van der Waals surface area contributed by atoms with E-state index in [2.05, 4.69) is 4.98 Å². The van der Waals surface area contributed by atoms with Crippen molar-refractivity contribution in [2.24, 2.45) is 0 Å². The second-order valence-electron chi connectivity index (χ2n) is 2.22. The molecule has 0 saturated carbocycles. The topological polar surface area (TPSA) is 94.5 Å². The van der Waals surface area contributed by atoms with Crippen LogP contribution in [0.15, 0.2) is 24.3 Å². The van der Waals surface area contributed by atoms with Crippen LogP contribution in [0.5, 0.6) is 0 Å². The Hall–Kier alpha value is -1.36. The normalized spacial score (nSPS) is 9.71. The van der Waals surface area contributed by atoms with Crippen molar-refractivity contribution in [1.29, 1.82) is 5.39 Å². The van der Waals surface area contributed by atoms with Crippen LogP contribution in [0, 0.1) is 5.39 Å². The molecule has 0 amide bonds. The van der Waals surface area contributed by atoms with Crippen molar-refractivity contribution < 1.29 is 25.4 Å². The highest BCUT2D eigenvalue weighted by atomic mass is 35.5. The van der Waals surface area contributed by atoms with E-state index in [0.29, 0.717) is 5.69 Å². The van der Waals surface area contributed by atoms with E-state index in [-0.39, 0.29) is 18.1 Å². The summed E-state index contributed by atoms with van der Waals surface area (Å²) >= 11 is 0. The van der Waals surface area contributed by atoms with Crippen molar-refractivity contribution in [2.75, 3.05) is 4.72 Å². The van der Waals surface area contributed by atoms with E-state index in [9.17, 15) is 8.42 Å². The molecular formula is C6H6ClN3O3S. The Labute approximate surface area is 86.9 Å². The van der Waals surface area contributed by atoms with Crippen molar-refractivity contribution >= 4 is 21.7 Å². The summed E-state index contributed by atoms with van der Waals surface area (Å²) in [5.74, 6) is 0. The monoisotopic (exact) mass is 235 g/mol. The molecule has 0 aliphatic carbocycles. The first-order chi connectivity index (χ1) is 6.01. The number of hydrogen-bond acceptors (Lipinski definition) is 3. The Bertz CT molecular complexity index is 436. The zero-order valence-electron chi connectivity index (χ0n) is 6.75. The van der Waals surface area contributed by atoms with Crippen LogP contribution in [0.3, 0.4) is 0 Å². The minimum absolute atomic E-state index is 0. The Kier molecular flexibility index (Phi) is 4.30. The molecule has 2 N–H and O–H groups in total. The van der Waals surface area contributed by atoms with Crippen LogP contribution in [-0.4, -0.2) is 13.0 Å². The Morgan fingerprint density at radius 3 is 2.14 bits per heavy atom. The molecule has 0 aliphatic heterocycles. The maximum Gasteiger partial charge on any atom is 0.385 e. The van der Waals surface area contributed by atoms with Crippen molar-refractivity contribution in [3.05, 3.63) is 29.2 Å². The zero-order valence-corrected chi connectivity index (χ0v) is 8.33. The second kappa shape index (κ2) is 4.76. The number of halogens is 1. The van der Waals surface area contributed by atoms with Gasteiger partial charge in [0, 0.05) is 12.1 Å². The lowest BCUT2D eigenvalue weighted by atomic mass is 10.3. The Morgan fingerprint density at radius 1 is 1.29 bits per heavy atom. The summed E-state index contributed by atoms with van der Waals surface area (Å²) in [6.45, 7) is 0. The molecule has 1 rings (SSSR count). The third-order valence-corrected chi connectivity index (χ3v) is 1.72. The molecular weight excluding hydrogens is 230 g/mol. The lowest BCUT2D eigenvalue weighted by molar-refractivity contribution is -0.00000704. The third-order valence-electron chi connectivity index (χ3n) is 1.23. The SMILES string of the molecule is N#[N+]c1ccc(NS(=O)(=O)O)cc1.[Cl-]. The molecule has 0 saturated heterocycles. The van der Waals surface area contributed by atoms with E-state index in [1.165, 1.54) is 24.3 Å². The van der Waals surface area contributed by atoms with Gasteiger partial charge in [0.15, 0.2) is 4.98 Å². The highest BCUT2D eigenvalue weighted by Gasteiger charge is 2.06. The van der Waals surface area contributed by atoms with E-state index in [4.69, 9.17) is 9.95 Å². The summed E-state index contributed by atoms with van der Waals surface area (Å²) in [5, 5.41) is 8.30. The molecule has 76 valence electrons. The van der Waals surface area contributed by atoms with Gasteiger partial charge in [-0.25, -0.2) is 0 Å². The molecule has 0 spiro atoms. The minimum Gasteiger partial charge on any atom is -1.00 e. The van der Waals surface area contributed by atoms with Crippen LogP contribution in [-0.2, 0) is 10.3 Å². The van der Waals surface area contributed by atoms with Gasteiger partial charge in [-0.2, -0.15) is 8.42 Å². The van der Waals surface area contributed by atoms with E-state index < -0.39 is 10.3 Å². The van der Waals surface area contributed by atoms with E-state index in [0.717, 1.165) is 0 Å². The molecule has 0 bridgehead atoms. The first-order valence-electron chi connectivity index (χ1n) is 3.22. The summed E-state index contributed by atoms with van der Waals surface area (Å²) in [5.41, 5.74) is 0.482. The van der Waals surface area contributed by atoms with Crippen molar-refractivity contribution in [2.45, 2.75) is 0 Å². The predicted octanol–water partition coefficient (Wildman–Crippen LogP) is -1.61. The van der Waals surface area contributed by atoms with Crippen molar-refractivity contribution in [3.63, 3.8) is 0 Å². The fourth-order valence-electron chi connectivity index (χ4n) is 0.745. The van der Waals surface area contributed by atoms with Crippen LogP contribution in [0.2, 0.25) is 0 Å². The molecule has 6 nitrogen and oxygen atoms in total. The molecule has 0 fully saturated rings. The van der Waals surface area contributed by atoms with Gasteiger partial charge in [0.25, 0.3) is 0 Å². The number of diazo groups is 1. The summed E-state index contributed by atoms with van der Waals surface area (Å²) in [6.07, 6.45) is 0. The highest BCUT2D eigenvalue weighted by molar-refractivity contribution is 7.87. The molecule has 0 aromatic heterocycles. The number of rotatable bonds is 2. The third kappa shape index (κ3) is 4.04. The maximum absolute atomic E-state index is 10.3. The number of nitrogens with one attached hydrogen (secondary N) is 1. The second-order valence-corrected chi connectivity index (χ2v) is 3.38. The van der Waals surface area contributed by atoms with E-state index >= 15 is 0 Å². The molecule has 14 heavy (non-hydrogen) atoms. The van der Waals surface area contributed by atoms with Crippen LogP contribution in [0.25, 0.3) is 4.98 Å². The lowest BCUT2D eigenvalue weighted by Gasteiger charge is -1.98. The quantitative estimate of drug-likeness (QED) is 0.476. The van der Waals surface area contributed by atoms with Gasteiger partial charge in [0.1, 0.15) is 0 Å². The average Bonchev–Trinajstić information content (AvgIpc) is 2.03. The highest BCUT2D eigenvalue weighted by Crippen LogP contribution is 2.16. The average molecular weight is 236 g/mol. The van der Waals surface area contributed by atoms with Gasteiger partial charge in [-0.15, -0.1) is 0 Å². The van der Waals surface area contributed by atoms with E-state index in [1.54, 1.807) is 0 Å². The summed E-state index contributed by atoms with van der Waals surface area (Å²) in [6, 6.07) is 5.46. The maximum atomic E-state index is 10.3. The molecule has 8 heteroatoms. The molecule has 0 aliphatic rings. The van der Waals surface area contributed by atoms with Gasteiger partial charge in [-0.05, 0) is 12.1 Å². The number of anilines is 1. The lowest BCUT2D eigenvalue weighted by Crippen LogP contribution is -3.00. The molecule has 0 atom stereocenters. The molecule has 1 aromatic carbocycles. The standard InChI is InChI=1S/C6H5N3O3S.ClH/c7-8-5-1-3-6(4-2-5)9-13(10,11)12;/h1-4,9H;1H. The summed E-state index contributed by atoms with van der Waals surface area (Å²) in [7, 11) is -4.24. The van der Waals surface area contributed by atoms with Gasteiger partial charge in [-0.1, -0.05) is 0 Å². The van der Waals surface area contributed by atoms with Crippen LogP contribution in [0.4, 0.5) is 11.4 Å². The smallest absolute Gasteiger partial charge is 0.385 e. The minimum atomic E-state index is -4.24. The van der Waals surface area contributed by atoms with Gasteiger partial charge in [0.2, 0.25) is 5.39 Å². The first-order valence-corrected chi connectivity index (χ1v) is 4.66. The molecule has 0 heterocycles.